The molecule has 3 rings (SSSR count). The van der Waals surface area contributed by atoms with Gasteiger partial charge in [-0.1, -0.05) is 28.3 Å². The lowest BCUT2D eigenvalue weighted by Crippen LogP contribution is -2.11. The van der Waals surface area contributed by atoms with Crippen molar-refractivity contribution in [3.63, 3.8) is 0 Å². The summed E-state index contributed by atoms with van der Waals surface area (Å²) in [5.41, 5.74) is 0.820. The first-order valence-electron chi connectivity index (χ1n) is 6.83. The SMILES string of the molecule is COc1cc(OC)cc(-c2nnc(NC(=O)c3cc(Cl)sc3Cl)o2)c1. The van der Waals surface area contributed by atoms with Gasteiger partial charge in [0, 0.05) is 11.6 Å². The van der Waals surface area contributed by atoms with Gasteiger partial charge in [0.15, 0.2) is 0 Å². The molecule has 0 aliphatic rings. The molecule has 0 atom stereocenters. The van der Waals surface area contributed by atoms with Crippen molar-refractivity contribution in [2.24, 2.45) is 0 Å². The highest BCUT2D eigenvalue weighted by atomic mass is 35.5. The molecule has 0 saturated heterocycles. The Balaban J connectivity index is 1.83. The number of rotatable bonds is 5. The third kappa shape index (κ3) is 3.87. The third-order valence-electron chi connectivity index (χ3n) is 3.15. The molecule has 2 heterocycles. The van der Waals surface area contributed by atoms with Crippen molar-refractivity contribution in [3.8, 4) is 23.0 Å². The van der Waals surface area contributed by atoms with Crippen molar-refractivity contribution in [1.29, 1.82) is 0 Å². The van der Waals surface area contributed by atoms with Gasteiger partial charge in [0.25, 0.3) is 5.91 Å². The summed E-state index contributed by atoms with van der Waals surface area (Å²) in [6, 6.07) is 6.52. The molecular weight excluding hydrogens is 389 g/mol. The standard InChI is InChI=1S/C15H11Cl2N3O4S/c1-22-8-3-7(4-9(5-8)23-2)14-19-20-15(24-14)18-13(21)10-6-11(16)25-12(10)17/h3-6H,1-2H3,(H,18,20,21). The Labute approximate surface area is 156 Å². The van der Waals surface area contributed by atoms with Crippen LogP contribution in [-0.2, 0) is 0 Å². The number of hydrogen-bond acceptors (Lipinski definition) is 7. The quantitative estimate of drug-likeness (QED) is 0.684. The van der Waals surface area contributed by atoms with Crippen LogP contribution < -0.4 is 14.8 Å². The maximum Gasteiger partial charge on any atom is 0.322 e. The Morgan fingerprint density at radius 2 is 1.80 bits per heavy atom. The van der Waals surface area contributed by atoms with E-state index in [1.54, 1.807) is 18.2 Å². The van der Waals surface area contributed by atoms with E-state index >= 15 is 0 Å². The molecule has 0 radical (unpaired) electrons. The van der Waals surface area contributed by atoms with E-state index in [-0.39, 0.29) is 21.8 Å². The highest BCUT2D eigenvalue weighted by Gasteiger charge is 2.18. The van der Waals surface area contributed by atoms with Crippen molar-refractivity contribution in [2.45, 2.75) is 0 Å². The van der Waals surface area contributed by atoms with E-state index in [2.05, 4.69) is 15.5 Å². The molecule has 10 heteroatoms. The highest BCUT2D eigenvalue weighted by Crippen LogP contribution is 2.32. The maximum absolute atomic E-state index is 12.2. The number of methoxy groups -OCH3 is 2. The normalized spacial score (nSPS) is 10.6. The van der Waals surface area contributed by atoms with Gasteiger partial charge in [-0.3, -0.25) is 10.1 Å². The van der Waals surface area contributed by atoms with E-state index in [0.717, 1.165) is 11.3 Å². The average molecular weight is 400 g/mol. The van der Waals surface area contributed by atoms with Crippen molar-refractivity contribution in [1.82, 2.24) is 10.2 Å². The largest absolute Gasteiger partial charge is 0.497 e. The number of ether oxygens (including phenoxy) is 2. The number of amides is 1. The van der Waals surface area contributed by atoms with Gasteiger partial charge in [-0.05, 0) is 18.2 Å². The first-order chi connectivity index (χ1) is 12.0. The van der Waals surface area contributed by atoms with E-state index in [1.807, 2.05) is 0 Å². The topological polar surface area (TPSA) is 86.5 Å². The molecule has 2 aromatic heterocycles. The van der Waals surface area contributed by atoms with Gasteiger partial charge in [0.05, 0.1) is 24.1 Å². The zero-order chi connectivity index (χ0) is 18.0. The molecule has 130 valence electrons. The Hall–Kier alpha value is -2.29. The number of anilines is 1. The predicted molar refractivity (Wildman–Crippen MR) is 95.1 cm³/mol. The molecule has 1 amide bonds. The van der Waals surface area contributed by atoms with Gasteiger partial charge in [-0.25, -0.2) is 0 Å². The van der Waals surface area contributed by atoms with Gasteiger partial charge in [0.1, 0.15) is 15.8 Å². The van der Waals surface area contributed by atoms with Crippen LogP contribution in [0.4, 0.5) is 6.01 Å². The lowest BCUT2D eigenvalue weighted by molar-refractivity contribution is 0.102. The summed E-state index contributed by atoms with van der Waals surface area (Å²) in [5, 5.41) is 10.2. The fourth-order valence-electron chi connectivity index (χ4n) is 1.98. The van der Waals surface area contributed by atoms with Crippen LogP contribution in [-0.4, -0.2) is 30.3 Å². The lowest BCUT2D eigenvalue weighted by atomic mass is 10.2. The number of carbonyl (C=O) groups excluding carboxylic acids is 1. The summed E-state index contributed by atoms with van der Waals surface area (Å²) >= 11 is 12.9. The summed E-state index contributed by atoms with van der Waals surface area (Å²) < 4.78 is 16.6. The van der Waals surface area contributed by atoms with Gasteiger partial charge in [-0.2, -0.15) is 0 Å². The van der Waals surface area contributed by atoms with Crippen LogP contribution >= 0.6 is 34.5 Å². The molecule has 0 unspecified atom stereocenters. The average Bonchev–Trinajstić information content (AvgIpc) is 3.20. The number of aromatic nitrogens is 2. The minimum atomic E-state index is -0.494. The molecule has 1 N–H and O–H groups in total. The van der Waals surface area contributed by atoms with E-state index in [1.165, 1.54) is 20.3 Å². The number of hydrogen-bond donors (Lipinski definition) is 1. The molecule has 0 spiro atoms. The van der Waals surface area contributed by atoms with E-state index in [4.69, 9.17) is 37.1 Å². The van der Waals surface area contributed by atoms with Crippen LogP contribution in [0.5, 0.6) is 11.5 Å². The molecule has 0 aliphatic heterocycles. The van der Waals surface area contributed by atoms with Crippen molar-refractivity contribution < 1.29 is 18.7 Å². The molecule has 0 saturated carbocycles. The van der Waals surface area contributed by atoms with E-state index < -0.39 is 5.91 Å². The van der Waals surface area contributed by atoms with Crippen molar-refractivity contribution in [3.05, 3.63) is 38.5 Å². The van der Waals surface area contributed by atoms with E-state index in [9.17, 15) is 4.79 Å². The molecular formula is C15H11Cl2N3O4S. The number of halogens is 2. The van der Waals surface area contributed by atoms with Crippen LogP contribution in [0.15, 0.2) is 28.7 Å². The van der Waals surface area contributed by atoms with Gasteiger partial charge >= 0.3 is 6.01 Å². The lowest BCUT2D eigenvalue weighted by Gasteiger charge is -2.05. The number of thiophene rings is 1. The zero-order valence-corrected chi connectivity index (χ0v) is 15.3. The molecule has 0 aliphatic carbocycles. The fraction of sp³-hybridized carbons (Fsp3) is 0.133. The zero-order valence-electron chi connectivity index (χ0n) is 13.0. The number of nitrogens with zero attached hydrogens (tertiary/aromatic N) is 2. The minimum absolute atomic E-state index is 0.0693. The van der Waals surface area contributed by atoms with Crippen LogP contribution in [0.2, 0.25) is 8.67 Å². The Morgan fingerprint density at radius 3 is 2.36 bits per heavy atom. The first kappa shape index (κ1) is 17.5. The second-order valence-corrected chi connectivity index (χ2v) is 6.99. The number of nitrogens with one attached hydrogen (secondary N) is 1. The summed E-state index contributed by atoms with van der Waals surface area (Å²) in [5.74, 6) is 0.837. The van der Waals surface area contributed by atoms with Crippen molar-refractivity contribution >= 4 is 46.5 Å². The molecule has 0 bridgehead atoms. The molecule has 0 fully saturated rings. The molecule has 7 nitrogen and oxygen atoms in total. The van der Waals surface area contributed by atoms with E-state index in [0.29, 0.717) is 21.4 Å². The Kier molecular flexibility index (Phi) is 5.12. The van der Waals surface area contributed by atoms with Gasteiger partial charge in [-0.15, -0.1) is 16.4 Å². The summed E-state index contributed by atoms with van der Waals surface area (Å²) in [6.45, 7) is 0. The fourth-order valence-corrected chi connectivity index (χ4v) is 3.44. The third-order valence-corrected chi connectivity index (χ3v) is 4.63. The smallest absolute Gasteiger partial charge is 0.322 e. The molecule has 25 heavy (non-hydrogen) atoms. The maximum atomic E-state index is 12.2. The second-order valence-electron chi connectivity index (χ2n) is 4.71. The number of benzene rings is 1. The van der Waals surface area contributed by atoms with Gasteiger partial charge < -0.3 is 13.9 Å². The highest BCUT2D eigenvalue weighted by molar-refractivity contribution is 7.20. The van der Waals surface area contributed by atoms with Crippen LogP contribution in [0.25, 0.3) is 11.5 Å². The molecule has 1 aromatic carbocycles. The van der Waals surface area contributed by atoms with Crippen LogP contribution in [0.1, 0.15) is 10.4 Å². The number of carbonyl (C=O) groups is 1. The minimum Gasteiger partial charge on any atom is -0.497 e. The van der Waals surface area contributed by atoms with Crippen LogP contribution in [0.3, 0.4) is 0 Å². The summed E-state index contributed by atoms with van der Waals surface area (Å²) in [4.78, 5) is 12.2. The monoisotopic (exact) mass is 399 g/mol. The van der Waals surface area contributed by atoms with Gasteiger partial charge in [0.2, 0.25) is 5.89 Å². The summed E-state index contributed by atoms with van der Waals surface area (Å²) in [6.07, 6.45) is 0. The molecule has 3 aromatic rings. The predicted octanol–water partition coefficient (Wildman–Crippen LogP) is 4.37. The second kappa shape index (κ2) is 7.30. The Bertz CT molecular complexity index is 903. The van der Waals surface area contributed by atoms with Crippen molar-refractivity contribution in [2.75, 3.05) is 19.5 Å². The summed E-state index contributed by atoms with van der Waals surface area (Å²) in [7, 11) is 3.07. The van der Waals surface area contributed by atoms with Crippen LogP contribution in [0, 0.1) is 0 Å². The first-order valence-corrected chi connectivity index (χ1v) is 8.40. The Morgan fingerprint density at radius 1 is 1.12 bits per heavy atom.